The quantitative estimate of drug-likeness (QED) is 0.572. The molecule has 0 aliphatic heterocycles. The Morgan fingerprint density at radius 3 is 2.25 bits per heavy atom. The minimum Gasteiger partial charge on any atom is -0.297 e. The van der Waals surface area contributed by atoms with Gasteiger partial charge < -0.3 is 0 Å². The van der Waals surface area contributed by atoms with E-state index in [1.165, 1.54) is 9.88 Å². The van der Waals surface area contributed by atoms with Gasteiger partial charge in [0.1, 0.15) is 0 Å². The first kappa shape index (κ1) is 17.6. The Labute approximate surface area is 127 Å². The van der Waals surface area contributed by atoms with Crippen molar-refractivity contribution in [2.75, 3.05) is 13.1 Å². The van der Waals surface area contributed by atoms with Gasteiger partial charge in [0.15, 0.2) is 0 Å². The van der Waals surface area contributed by atoms with E-state index in [0.29, 0.717) is 0 Å². The molecule has 5 heteroatoms. The monoisotopic (exact) mass is 298 g/mol. The number of likely N-dealkylation sites (N-methyl/N-ethyl adjacent to an activating group) is 1. The third-order valence-electron chi connectivity index (χ3n) is 4.61. The molecule has 0 saturated heterocycles. The van der Waals surface area contributed by atoms with Crippen LogP contribution in [0.4, 0.5) is 0 Å². The molecule has 4 nitrogen and oxygen atoms in total. The van der Waals surface area contributed by atoms with Gasteiger partial charge in [-0.25, -0.2) is 4.98 Å². The minimum atomic E-state index is 0.0474. The van der Waals surface area contributed by atoms with E-state index in [1.807, 2.05) is 0 Å². The second kappa shape index (κ2) is 7.50. The van der Waals surface area contributed by atoms with Gasteiger partial charge in [-0.3, -0.25) is 16.2 Å². The number of nitrogens with two attached hydrogens (primary N) is 1. The molecule has 0 aliphatic rings. The highest BCUT2D eigenvalue weighted by Gasteiger charge is 2.37. The zero-order valence-corrected chi connectivity index (χ0v) is 14.6. The van der Waals surface area contributed by atoms with Gasteiger partial charge in [0.05, 0.1) is 10.7 Å². The molecule has 0 spiro atoms. The number of hydrogen-bond acceptors (Lipinski definition) is 5. The lowest BCUT2D eigenvalue weighted by atomic mass is 9.85. The number of hydrogen-bond donors (Lipinski definition) is 2. The van der Waals surface area contributed by atoms with Gasteiger partial charge in [-0.05, 0) is 40.3 Å². The minimum absolute atomic E-state index is 0.0474. The van der Waals surface area contributed by atoms with Crippen LogP contribution >= 0.6 is 11.3 Å². The van der Waals surface area contributed by atoms with Crippen LogP contribution in [0.1, 0.15) is 49.7 Å². The van der Waals surface area contributed by atoms with Gasteiger partial charge >= 0.3 is 0 Å². The van der Waals surface area contributed by atoms with Crippen molar-refractivity contribution in [2.45, 2.75) is 66.0 Å². The molecule has 0 aromatic carbocycles. The highest BCUT2D eigenvalue weighted by atomic mass is 32.1. The van der Waals surface area contributed by atoms with Crippen LogP contribution in [-0.4, -0.2) is 34.6 Å². The van der Waals surface area contributed by atoms with E-state index in [2.05, 4.69) is 56.9 Å². The summed E-state index contributed by atoms with van der Waals surface area (Å²) >= 11 is 1.79. The third-order valence-corrected chi connectivity index (χ3v) is 5.70. The summed E-state index contributed by atoms with van der Waals surface area (Å²) in [5, 5.41) is 1.18. The van der Waals surface area contributed by atoms with Crippen molar-refractivity contribution >= 4 is 11.3 Å². The summed E-state index contributed by atoms with van der Waals surface area (Å²) < 4.78 is 0. The summed E-state index contributed by atoms with van der Waals surface area (Å²) in [6.07, 6.45) is 1.95. The molecule has 1 aromatic rings. The molecule has 0 bridgehead atoms. The summed E-state index contributed by atoms with van der Waals surface area (Å²) in [5.41, 5.74) is 4.23. The smallest absolute Gasteiger partial charge is 0.0947 e. The predicted octanol–water partition coefficient (Wildman–Crippen LogP) is 2.64. The molecule has 0 aliphatic carbocycles. The van der Waals surface area contributed by atoms with Crippen molar-refractivity contribution in [3.05, 3.63) is 15.6 Å². The summed E-state index contributed by atoms with van der Waals surface area (Å²) in [6, 6.07) is 0.206. The van der Waals surface area contributed by atoms with Crippen LogP contribution in [0.15, 0.2) is 0 Å². The number of aryl methyl sites for hydroxylation is 2. The first-order chi connectivity index (χ1) is 9.42. The number of nitrogens with zero attached hydrogens (tertiary/aromatic N) is 2. The van der Waals surface area contributed by atoms with E-state index < -0.39 is 0 Å². The Morgan fingerprint density at radius 1 is 1.30 bits per heavy atom. The fraction of sp³-hybridized carbons (Fsp3) is 0.800. The summed E-state index contributed by atoms with van der Waals surface area (Å²) in [4.78, 5) is 8.45. The summed E-state index contributed by atoms with van der Waals surface area (Å²) in [6.45, 7) is 15.2. The molecule has 1 aromatic heterocycles. The first-order valence-corrected chi connectivity index (χ1v) is 8.38. The van der Waals surface area contributed by atoms with Crippen LogP contribution in [-0.2, 0) is 6.42 Å². The van der Waals surface area contributed by atoms with Crippen molar-refractivity contribution in [1.82, 2.24) is 15.3 Å². The topological polar surface area (TPSA) is 54.2 Å². The Morgan fingerprint density at radius 2 is 1.90 bits per heavy atom. The highest BCUT2D eigenvalue weighted by molar-refractivity contribution is 7.11. The zero-order valence-electron chi connectivity index (χ0n) is 13.8. The van der Waals surface area contributed by atoms with Gasteiger partial charge in [-0.1, -0.05) is 20.8 Å². The van der Waals surface area contributed by atoms with Crippen molar-refractivity contribution in [2.24, 2.45) is 5.84 Å². The van der Waals surface area contributed by atoms with Gasteiger partial charge in [-0.2, -0.15) is 0 Å². The Bertz CT molecular complexity index is 395. The van der Waals surface area contributed by atoms with Crippen LogP contribution in [0.25, 0.3) is 0 Å². The third kappa shape index (κ3) is 3.58. The van der Waals surface area contributed by atoms with E-state index >= 15 is 0 Å². The second-order valence-electron chi connectivity index (χ2n) is 5.56. The molecule has 116 valence electrons. The number of rotatable bonds is 8. The molecule has 2 unspecified atom stereocenters. The Kier molecular flexibility index (Phi) is 6.58. The van der Waals surface area contributed by atoms with Crippen LogP contribution in [0, 0.1) is 13.8 Å². The van der Waals surface area contributed by atoms with Crippen LogP contribution < -0.4 is 11.3 Å². The normalized spacial score (nSPS) is 16.4. The fourth-order valence-electron chi connectivity index (χ4n) is 2.90. The predicted molar refractivity (Wildman–Crippen MR) is 88.0 cm³/mol. The van der Waals surface area contributed by atoms with Gasteiger partial charge in [0.25, 0.3) is 0 Å². The number of aromatic nitrogens is 1. The molecular weight excluding hydrogens is 268 g/mol. The molecule has 0 saturated carbocycles. The maximum Gasteiger partial charge on any atom is 0.0947 e. The van der Waals surface area contributed by atoms with Gasteiger partial charge in [-0.15, -0.1) is 11.3 Å². The van der Waals surface area contributed by atoms with E-state index in [4.69, 9.17) is 5.84 Å². The number of hydrazine groups is 1. The maximum absolute atomic E-state index is 5.87. The molecule has 0 amide bonds. The van der Waals surface area contributed by atoms with Gasteiger partial charge in [0, 0.05) is 22.9 Å². The molecule has 0 fully saturated rings. The van der Waals surface area contributed by atoms with E-state index in [9.17, 15) is 0 Å². The van der Waals surface area contributed by atoms with E-state index in [-0.39, 0.29) is 11.6 Å². The maximum atomic E-state index is 5.87. The molecule has 1 heterocycles. The van der Waals surface area contributed by atoms with Crippen molar-refractivity contribution in [1.29, 1.82) is 0 Å². The van der Waals surface area contributed by atoms with Crippen molar-refractivity contribution in [3.63, 3.8) is 0 Å². The molecule has 2 atom stereocenters. The lowest BCUT2D eigenvalue weighted by molar-refractivity contribution is 0.0701. The van der Waals surface area contributed by atoms with Crippen LogP contribution in [0.5, 0.6) is 0 Å². The molecule has 20 heavy (non-hydrogen) atoms. The fourth-order valence-corrected chi connectivity index (χ4v) is 3.88. The SMILES string of the molecule is CCN(CC)C(C)(CC)C(Cc1nc(C)c(C)s1)NN. The molecule has 3 N–H and O–H groups in total. The average Bonchev–Trinajstić information content (AvgIpc) is 2.75. The number of nitrogens with one attached hydrogen (secondary N) is 1. The summed E-state index contributed by atoms with van der Waals surface area (Å²) in [5.74, 6) is 5.87. The first-order valence-electron chi connectivity index (χ1n) is 7.56. The second-order valence-corrected chi connectivity index (χ2v) is 6.84. The van der Waals surface area contributed by atoms with Crippen LogP contribution in [0.2, 0.25) is 0 Å². The van der Waals surface area contributed by atoms with E-state index in [1.54, 1.807) is 11.3 Å². The zero-order chi connectivity index (χ0) is 15.3. The number of thiazole rings is 1. The lowest BCUT2D eigenvalue weighted by Gasteiger charge is -2.45. The van der Waals surface area contributed by atoms with Crippen molar-refractivity contribution < 1.29 is 0 Å². The van der Waals surface area contributed by atoms with Crippen LogP contribution in [0.3, 0.4) is 0 Å². The summed E-state index contributed by atoms with van der Waals surface area (Å²) in [7, 11) is 0. The molecule has 1 rings (SSSR count). The molecular formula is C15H30N4S. The molecule has 0 radical (unpaired) electrons. The average molecular weight is 298 g/mol. The Balaban J connectivity index is 2.97. The largest absolute Gasteiger partial charge is 0.297 e. The van der Waals surface area contributed by atoms with E-state index in [0.717, 1.165) is 31.6 Å². The van der Waals surface area contributed by atoms with Gasteiger partial charge in [0.2, 0.25) is 0 Å². The standard InChI is InChI=1S/C15H30N4S/c1-7-15(6,19(8-2)9-3)13(18-16)10-14-17-11(4)12(5)20-14/h13,18H,7-10,16H2,1-6H3. The van der Waals surface area contributed by atoms with Crippen molar-refractivity contribution in [3.8, 4) is 0 Å². The lowest BCUT2D eigenvalue weighted by Crippen LogP contribution is -2.61. The highest BCUT2D eigenvalue weighted by Crippen LogP contribution is 2.27. The Hall–Kier alpha value is -0.490.